The molecule has 2 heterocycles. The molecule has 0 saturated carbocycles. The molecule has 1 aliphatic rings. The Morgan fingerprint density at radius 2 is 1.56 bits per heavy atom. The average Bonchev–Trinajstić information content (AvgIpc) is 3.11. The zero-order valence-electron chi connectivity index (χ0n) is 19.6. The summed E-state index contributed by atoms with van der Waals surface area (Å²) in [5.74, 6) is -5.86. The number of nitrogens with zero attached hydrogens (tertiary/aromatic N) is 2. The highest BCUT2D eigenvalue weighted by molar-refractivity contribution is 5.68. The number of alkyl halides is 2. The summed E-state index contributed by atoms with van der Waals surface area (Å²) in [6.07, 6.45) is -4.42. The van der Waals surface area contributed by atoms with E-state index < -0.39 is 78.3 Å². The highest BCUT2D eigenvalue weighted by Crippen LogP contribution is 2.34. The molecule has 4 atom stereocenters. The molecule has 1 aliphatic heterocycles. The van der Waals surface area contributed by atoms with Crippen LogP contribution < -0.4 is 11.2 Å². The molecule has 1 saturated heterocycles. The minimum absolute atomic E-state index is 0.321. The van der Waals surface area contributed by atoms with Crippen molar-refractivity contribution >= 4 is 17.9 Å². The molecule has 0 radical (unpaired) electrons. The van der Waals surface area contributed by atoms with Gasteiger partial charge in [-0.25, -0.2) is 4.79 Å². The van der Waals surface area contributed by atoms with E-state index in [4.69, 9.17) is 18.9 Å². The highest BCUT2D eigenvalue weighted by Gasteiger charge is 2.51. The summed E-state index contributed by atoms with van der Waals surface area (Å²) in [6, 6.07) is 7.52. The second kappa shape index (κ2) is 10.8. The van der Waals surface area contributed by atoms with Gasteiger partial charge >= 0.3 is 23.6 Å². The number of esters is 3. The maximum absolute atomic E-state index is 14.9. The maximum atomic E-state index is 14.9. The lowest BCUT2D eigenvalue weighted by Crippen LogP contribution is -2.46. The van der Waals surface area contributed by atoms with Crippen LogP contribution in [0.5, 0.6) is 0 Å². The smallest absolute Gasteiger partial charge is 0.333 e. The summed E-state index contributed by atoms with van der Waals surface area (Å²) >= 11 is 0. The van der Waals surface area contributed by atoms with Crippen LogP contribution in [0.1, 0.15) is 32.6 Å². The molecule has 0 N–H and O–H groups in total. The first kappa shape index (κ1) is 26.7. The number of aromatic nitrogens is 2. The first-order valence-corrected chi connectivity index (χ1v) is 10.8. The number of benzene rings is 1. The van der Waals surface area contributed by atoms with Crippen LogP contribution in [0, 0.1) is 0 Å². The van der Waals surface area contributed by atoms with Crippen molar-refractivity contribution in [1.29, 1.82) is 0 Å². The molecule has 0 amide bonds. The van der Waals surface area contributed by atoms with E-state index in [1.807, 2.05) is 0 Å². The summed E-state index contributed by atoms with van der Waals surface area (Å²) in [5, 5.41) is 0. The number of hydrogen-bond donors (Lipinski definition) is 0. The fourth-order valence-electron chi connectivity index (χ4n) is 3.76. The van der Waals surface area contributed by atoms with Crippen molar-refractivity contribution in [2.75, 3.05) is 6.61 Å². The van der Waals surface area contributed by atoms with Crippen molar-refractivity contribution < 1.29 is 42.1 Å². The molecule has 0 spiro atoms. The Morgan fingerprint density at radius 1 is 0.944 bits per heavy atom. The number of hydrogen-bond acceptors (Lipinski definition) is 9. The summed E-state index contributed by atoms with van der Waals surface area (Å²) in [6.45, 7) is 1.57. The number of ether oxygens (including phenoxy) is 4. The van der Waals surface area contributed by atoms with Crippen LogP contribution in [0.3, 0.4) is 0 Å². The number of carbonyl (C=O) groups excluding carboxylic acids is 3. The summed E-state index contributed by atoms with van der Waals surface area (Å²) in [4.78, 5) is 60.4. The molecule has 194 valence electrons. The fourth-order valence-corrected chi connectivity index (χ4v) is 3.76. The second-order valence-electron chi connectivity index (χ2n) is 8.02. The molecule has 13 heteroatoms. The van der Waals surface area contributed by atoms with Gasteiger partial charge in [-0.2, -0.15) is 8.78 Å². The lowest BCUT2D eigenvalue weighted by Gasteiger charge is -2.24. The van der Waals surface area contributed by atoms with Gasteiger partial charge in [-0.05, 0) is 0 Å². The van der Waals surface area contributed by atoms with E-state index in [-0.39, 0.29) is 0 Å². The van der Waals surface area contributed by atoms with Crippen LogP contribution in [-0.4, -0.2) is 52.0 Å². The Balaban J connectivity index is 2.04. The highest BCUT2D eigenvalue weighted by atomic mass is 19.3. The standard InChI is InChI=1S/C23H24F2N2O9/c1-13(28)33-11-17-19(34-14(2)29)20(35-15(3)30)21(36-17)26-10-9-18(31)27(22(26)32)12-23(24,25)16-7-5-4-6-8-16/h4-10,17,19-21H,11-12H2,1-3H3/t17-,19?,20+,21-/m1/s1. The van der Waals surface area contributed by atoms with Crippen molar-refractivity contribution in [2.45, 2.75) is 57.8 Å². The summed E-state index contributed by atoms with van der Waals surface area (Å²) in [5.41, 5.74) is -2.59. The fraction of sp³-hybridized carbons (Fsp3) is 0.435. The van der Waals surface area contributed by atoms with Crippen LogP contribution in [0.4, 0.5) is 8.78 Å². The van der Waals surface area contributed by atoms with E-state index in [0.717, 1.165) is 49.7 Å². The van der Waals surface area contributed by atoms with E-state index in [1.54, 1.807) is 6.07 Å². The van der Waals surface area contributed by atoms with E-state index in [1.165, 1.54) is 12.1 Å². The lowest BCUT2D eigenvalue weighted by molar-refractivity contribution is -0.166. The monoisotopic (exact) mass is 510 g/mol. The SMILES string of the molecule is CC(=O)OC[C@H]1O[C@@H](n2ccc(=O)n(CC(F)(F)c3ccccc3)c2=O)[C@@H](OC(C)=O)C1OC(C)=O. The van der Waals surface area contributed by atoms with Gasteiger partial charge in [0.2, 0.25) is 0 Å². The van der Waals surface area contributed by atoms with Crippen LogP contribution in [0.15, 0.2) is 52.2 Å². The van der Waals surface area contributed by atoms with Crippen LogP contribution in [-0.2, 0) is 45.8 Å². The number of carbonyl (C=O) groups is 3. The van der Waals surface area contributed by atoms with E-state index in [0.29, 0.717) is 4.57 Å². The van der Waals surface area contributed by atoms with Crippen LogP contribution >= 0.6 is 0 Å². The molecule has 2 aromatic rings. The summed E-state index contributed by atoms with van der Waals surface area (Å²) in [7, 11) is 0. The van der Waals surface area contributed by atoms with Gasteiger partial charge in [0.25, 0.3) is 11.5 Å². The van der Waals surface area contributed by atoms with Gasteiger partial charge in [-0.15, -0.1) is 0 Å². The normalized spacial score (nSPS) is 21.6. The maximum Gasteiger partial charge on any atom is 0.333 e. The molecule has 3 rings (SSSR count). The molecular weight excluding hydrogens is 486 g/mol. The summed E-state index contributed by atoms with van der Waals surface area (Å²) < 4.78 is 52.0. The first-order chi connectivity index (χ1) is 16.9. The molecule has 1 aromatic heterocycles. The van der Waals surface area contributed by atoms with Crippen molar-refractivity contribution in [3.63, 3.8) is 0 Å². The Kier molecular flexibility index (Phi) is 8.03. The molecule has 0 aliphatic carbocycles. The third-order valence-electron chi connectivity index (χ3n) is 5.26. The molecule has 36 heavy (non-hydrogen) atoms. The molecule has 1 unspecified atom stereocenters. The van der Waals surface area contributed by atoms with Crippen LogP contribution in [0.25, 0.3) is 0 Å². The van der Waals surface area contributed by atoms with Gasteiger partial charge in [0.15, 0.2) is 18.4 Å². The molecule has 1 fully saturated rings. The van der Waals surface area contributed by atoms with Gasteiger partial charge in [-0.1, -0.05) is 30.3 Å². The van der Waals surface area contributed by atoms with Crippen molar-refractivity contribution in [3.05, 3.63) is 69.0 Å². The minimum Gasteiger partial charge on any atom is -0.463 e. The van der Waals surface area contributed by atoms with Gasteiger partial charge in [0.05, 0.1) is 6.54 Å². The quantitative estimate of drug-likeness (QED) is 0.379. The van der Waals surface area contributed by atoms with Gasteiger partial charge < -0.3 is 18.9 Å². The van der Waals surface area contributed by atoms with Crippen molar-refractivity contribution in [1.82, 2.24) is 9.13 Å². The Bertz CT molecular complexity index is 1240. The van der Waals surface area contributed by atoms with E-state index in [2.05, 4.69) is 0 Å². The molecule has 11 nitrogen and oxygen atoms in total. The van der Waals surface area contributed by atoms with Crippen molar-refractivity contribution in [2.24, 2.45) is 0 Å². The second-order valence-corrected chi connectivity index (χ2v) is 8.02. The Morgan fingerprint density at radius 3 is 2.14 bits per heavy atom. The predicted octanol–water partition coefficient (Wildman–Crippen LogP) is 1.13. The third kappa shape index (κ3) is 6.03. The van der Waals surface area contributed by atoms with Gasteiger partial charge in [0.1, 0.15) is 12.7 Å². The largest absolute Gasteiger partial charge is 0.463 e. The zero-order chi connectivity index (χ0) is 26.6. The Labute approximate surface area is 203 Å². The number of rotatable bonds is 8. The number of halogens is 2. The first-order valence-electron chi connectivity index (χ1n) is 10.8. The molecule has 1 aromatic carbocycles. The van der Waals surface area contributed by atoms with Gasteiger partial charge in [0, 0.05) is 38.6 Å². The minimum atomic E-state index is -3.58. The van der Waals surface area contributed by atoms with E-state index >= 15 is 0 Å². The molecule has 0 bridgehead atoms. The zero-order valence-corrected chi connectivity index (χ0v) is 19.6. The Hall–Kier alpha value is -3.87. The lowest BCUT2D eigenvalue weighted by atomic mass is 10.1. The van der Waals surface area contributed by atoms with Crippen molar-refractivity contribution in [3.8, 4) is 0 Å². The average molecular weight is 510 g/mol. The third-order valence-corrected chi connectivity index (χ3v) is 5.26. The predicted molar refractivity (Wildman–Crippen MR) is 117 cm³/mol. The van der Waals surface area contributed by atoms with E-state index in [9.17, 15) is 32.8 Å². The van der Waals surface area contributed by atoms with Gasteiger partial charge in [-0.3, -0.25) is 28.3 Å². The molecular formula is C23H24F2N2O9. The topological polar surface area (TPSA) is 132 Å². The van der Waals surface area contributed by atoms with Crippen LogP contribution in [0.2, 0.25) is 0 Å².